The first kappa shape index (κ1) is 24.4. The average molecular weight is 437 g/mol. The van der Waals surface area contributed by atoms with Gasteiger partial charge < -0.3 is 19.8 Å². The molecule has 1 aromatic heterocycles. The summed E-state index contributed by atoms with van der Waals surface area (Å²) in [6.07, 6.45) is 2.70. The fourth-order valence-electron chi connectivity index (χ4n) is 1.96. The second-order valence-corrected chi connectivity index (χ2v) is 7.16. The molecular weight excluding hydrogens is 414 g/mol. The monoisotopic (exact) mass is 437 g/mol. The third-order valence-electron chi connectivity index (χ3n) is 2.99. The molecule has 0 fully saturated rings. The number of guanidine groups is 1. The van der Waals surface area contributed by atoms with Gasteiger partial charge in [-0.25, -0.2) is 10.4 Å². The lowest BCUT2D eigenvalue weighted by molar-refractivity contribution is -0.134. The third kappa shape index (κ3) is 9.50. The lowest BCUT2D eigenvalue weighted by Crippen LogP contribution is -2.27. The van der Waals surface area contributed by atoms with Gasteiger partial charge >= 0.3 is 10.1 Å². The van der Waals surface area contributed by atoms with Crippen LogP contribution in [0, 0.1) is 6.92 Å². The van der Waals surface area contributed by atoms with Crippen LogP contribution in [0.5, 0.6) is 11.5 Å². The fraction of sp³-hybridized carbons (Fsp3) is 0.222. The Labute approximate surface area is 174 Å². The van der Waals surface area contributed by atoms with Crippen LogP contribution in [0.4, 0.5) is 0 Å². The van der Waals surface area contributed by atoms with E-state index in [-0.39, 0.29) is 29.8 Å². The highest BCUT2D eigenvalue weighted by atomic mass is 32.2. The molecule has 0 amide bonds. The van der Waals surface area contributed by atoms with Gasteiger partial charge in [0, 0.05) is 32.1 Å². The number of aliphatic carboxylic acids is 1. The number of nitrogens with one attached hydrogen (secondary N) is 1. The van der Waals surface area contributed by atoms with E-state index in [1.807, 2.05) is 0 Å². The molecule has 0 atom stereocenters. The maximum absolute atomic E-state index is 12.3. The number of hydrogen-bond donors (Lipinski definition) is 3. The van der Waals surface area contributed by atoms with Crippen LogP contribution < -0.4 is 20.1 Å². The number of carboxylic acid groups (broad SMARTS) is 1. The third-order valence-corrected chi connectivity index (χ3v) is 4.22. The van der Waals surface area contributed by atoms with Crippen LogP contribution in [0.3, 0.4) is 0 Å². The van der Waals surface area contributed by atoms with Gasteiger partial charge in [0.15, 0.2) is 0 Å². The minimum Gasteiger partial charge on any atom is -0.492 e. The number of ether oxygens (including phenoxy) is 1. The van der Waals surface area contributed by atoms with Crippen LogP contribution in [-0.2, 0) is 14.9 Å². The van der Waals surface area contributed by atoms with E-state index in [4.69, 9.17) is 24.6 Å². The molecule has 0 bridgehead atoms. The summed E-state index contributed by atoms with van der Waals surface area (Å²) in [5.74, 6) is -0.117. The summed E-state index contributed by atoms with van der Waals surface area (Å²) < 4.78 is 35.2. The molecule has 2 aromatic rings. The summed E-state index contributed by atoms with van der Waals surface area (Å²) in [6.45, 7) is 6.63. The summed E-state index contributed by atoms with van der Waals surface area (Å²) in [5.41, 5.74) is 8.67. The van der Waals surface area contributed by atoms with E-state index in [0.717, 1.165) is 12.5 Å². The van der Waals surface area contributed by atoms with Crippen molar-refractivity contribution in [2.45, 2.75) is 18.7 Å². The van der Waals surface area contributed by atoms with Crippen LogP contribution in [0.15, 0.2) is 57.7 Å². The number of nitrogens with two attached hydrogens (primary N) is 1. The summed E-state index contributed by atoms with van der Waals surface area (Å²) in [4.78, 5) is 16.7. The van der Waals surface area contributed by atoms with Crippen molar-refractivity contribution in [3.8, 4) is 11.5 Å². The molecule has 2 rings (SSSR count). The normalized spacial score (nSPS) is 10.9. The Hall–Kier alpha value is -3.67. The van der Waals surface area contributed by atoms with Crippen molar-refractivity contribution in [3.05, 3.63) is 48.3 Å². The Bertz CT molecular complexity index is 976. The molecule has 12 heteroatoms. The first-order valence-electron chi connectivity index (χ1n) is 8.44. The topological polar surface area (TPSA) is 166 Å². The first-order valence-corrected chi connectivity index (χ1v) is 9.85. The van der Waals surface area contributed by atoms with Gasteiger partial charge in [0.25, 0.3) is 5.97 Å². The number of aryl methyl sites for hydroxylation is 1. The van der Waals surface area contributed by atoms with E-state index >= 15 is 0 Å². The van der Waals surface area contributed by atoms with Crippen molar-refractivity contribution in [1.29, 1.82) is 0 Å². The van der Waals surface area contributed by atoms with Crippen molar-refractivity contribution < 1.29 is 27.2 Å². The number of benzene rings is 1. The largest absolute Gasteiger partial charge is 0.492 e. The molecule has 0 unspecified atom stereocenters. The zero-order valence-electron chi connectivity index (χ0n) is 16.5. The maximum atomic E-state index is 12.3. The molecule has 11 nitrogen and oxygen atoms in total. The standard InChI is InChI=1S/C16H19N5O4S.C2H4O2/c1-12-8-13(24-7-6-20-16(17)21-18-2)10-14(9-12)25-26(22,23)15-4-3-5-19-11-15;1-2(3)4/h3-5,8-11H,2,6-7H2,1H3,(H3,17,20,21);1H3,(H,3,4). The highest BCUT2D eigenvalue weighted by Gasteiger charge is 2.17. The second-order valence-electron chi connectivity index (χ2n) is 5.61. The van der Waals surface area contributed by atoms with Crippen molar-refractivity contribution >= 4 is 28.8 Å². The molecule has 0 saturated carbocycles. The molecule has 4 N–H and O–H groups in total. The quantitative estimate of drug-likeness (QED) is 0.180. The number of hydrazone groups is 1. The molecule has 0 spiro atoms. The van der Waals surface area contributed by atoms with Gasteiger partial charge in [0.2, 0.25) is 5.96 Å². The van der Waals surface area contributed by atoms with Crippen molar-refractivity contribution in [2.24, 2.45) is 15.8 Å². The predicted octanol–water partition coefficient (Wildman–Crippen LogP) is 1.15. The van der Waals surface area contributed by atoms with E-state index in [2.05, 4.69) is 27.2 Å². The van der Waals surface area contributed by atoms with Crippen LogP contribution in [0.25, 0.3) is 0 Å². The van der Waals surface area contributed by atoms with Gasteiger partial charge in [0.1, 0.15) is 23.0 Å². The molecule has 0 aliphatic carbocycles. The SMILES string of the molecule is C=NNC(N)=NCCOc1cc(C)cc(OS(=O)(=O)c2cccnc2)c1.CC(=O)O. The Balaban J connectivity index is 0.00000103. The molecule has 30 heavy (non-hydrogen) atoms. The van der Waals surface area contributed by atoms with Gasteiger partial charge in [-0.2, -0.15) is 13.5 Å². The van der Waals surface area contributed by atoms with Gasteiger partial charge in [-0.1, -0.05) is 0 Å². The smallest absolute Gasteiger partial charge is 0.340 e. The van der Waals surface area contributed by atoms with E-state index in [1.54, 1.807) is 19.1 Å². The fourth-order valence-corrected chi connectivity index (χ4v) is 2.84. The number of nitrogens with zero attached hydrogens (tertiary/aromatic N) is 3. The van der Waals surface area contributed by atoms with Crippen LogP contribution in [-0.4, -0.2) is 50.3 Å². The lowest BCUT2D eigenvalue weighted by atomic mass is 10.2. The Morgan fingerprint density at radius 3 is 2.60 bits per heavy atom. The molecule has 1 aromatic carbocycles. The highest BCUT2D eigenvalue weighted by Crippen LogP contribution is 2.25. The van der Waals surface area contributed by atoms with Crippen molar-refractivity contribution in [3.63, 3.8) is 0 Å². The van der Waals surface area contributed by atoms with Gasteiger partial charge in [-0.15, -0.1) is 0 Å². The highest BCUT2D eigenvalue weighted by molar-refractivity contribution is 7.87. The molecule has 1 heterocycles. The van der Waals surface area contributed by atoms with E-state index < -0.39 is 16.1 Å². The number of aliphatic imine (C=N–C) groups is 1. The molecular formula is C18H23N5O6S. The number of pyridine rings is 1. The van der Waals surface area contributed by atoms with Crippen molar-refractivity contribution in [1.82, 2.24) is 10.4 Å². The van der Waals surface area contributed by atoms with Gasteiger partial charge in [-0.05, 0) is 36.8 Å². The van der Waals surface area contributed by atoms with E-state index in [0.29, 0.717) is 5.75 Å². The Morgan fingerprint density at radius 1 is 1.33 bits per heavy atom. The van der Waals surface area contributed by atoms with Gasteiger partial charge in [-0.3, -0.25) is 9.78 Å². The summed E-state index contributed by atoms with van der Waals surface area (Å²) >= 11 is 0. The molecule has 162 valence electrons. The molecule has 0 saturated heterocycles. The number of rotatable bonds is 8. The molecule has 0 aliphatic rings. The van der Waals surface area contributed by atoms with Crippen LogP contribution >= 0.6 is 0 Å². The van der Waals surface area contributed by atoms with E-state index in [1.165, 1.54) is 30.6 Å². The number of carbonyl (C=O) groups is 1. The minimum atomic E-state index is -3.97. The lowest BCUT2D eigenvalue weighted by Gasteiger charge is -2.10. The van der Waals surface area contributed by atoms with E-state index in [9.17, 15) is 8.42 Å². The number of carboxylic acids is 1. The van der Waals surface area contributed by atoms with Crippen LogP contribution in [0.1, 0.15) is 12.5 Å². The number of aromatic nitrogens is 1. The summed E-state index contributed by atoms with van der Waals surface area (Å²) in [6, 6.07) is 7.75. The molecule has 0 aliphatic heterocycles. The molecule has 0 radical (unpaired) electrons. The Morgan fingerprint density at radius 2 is 2.00 bits per heavy atom. The number of hydrogen-bond acceptors (Lipinski definition) is 8. The predicted molar refractivity (Wildman–Crippen MR) is 111 cm³/mol. The van der Waals surface area contributed by atoms with Crippen LogP contribution in [0.2, 0.25) is 0 Å². The summed E-state index contributed by atoms with van der Waals surface area (Å²) in [7, 11) is -3.97. The zero-order chi connectivity index (χ0) is 22.6. The maximum Gasteiger partial charge on any atom is 0.340 e. The van der Waals surface area contributed by atoms with Gasteiger partial charge in [0.05, 0.1) is 6.54 Å². The second kappa shape index (κ2) is 12.0. The minimum absolute atomic E-state index is 0.0304. The Kier molecular flexibility index (Phi) is 9.76. The zero-order valence-corrected chi connectivity index (χ0v) is 17.3. The first-order chi connectivity index (χ1) is 14.1. The average Bonchev–Trinajstić information content (AvgIpc) is 2.65. The van der Waals surface area contributed by atoms with Crippen molar-refractivity contribution in [2.75, 3.05) is 13.2 Å². The summed E-state index contributed by atoms with van der Waals surface area (Å²) in [5, 5.41) is 10.8.